The third-order valence-electron chi connectivity index (χ3n) is 5.38. The molecule has 2 fully saturated rings. The maximum atomic E-state index is 12.5. The number of hydrogen-bond acceptors (Lipinski definition) is 6. The van der Waals surface area contributed by atoms with Crippen LogP contribution in [-0.4, -0.2) is 59.5 Å². The van der Waals surface area contributed by atoms with Gasteiger partial charge in [-0.05, 0) is 31.8 Å². The van der Waals surface area contributed by atoms with Gasteiger partial charge in [-0.2, -0.15) is 0 Å². The molecule has 0 saturated carbocycles. The second-order valence-electron chi connectivity index (χ2n) is 7.62. The summed E-state index contributed by atoms with van der Waals surface area (Å²) in [5.41, 5.74) is 5.79. The second-order valence-corrected chi connectivity index (χ2v) is 7.62. The van der Waals surface area contributed by atoms with Crippen LogP contribution >= 0.6 is 0 Å². The zero-order chi connectivity index (χ0) is 17.8. The molecule has 0 aromatic carbocycles. The monoisotopic (exact) mass is 346 g/mol. The first-order valence-electron chi connectivity index (χ1n) is 9.37. The van der Waals surface area contributed by atoms with Crippen LogP contribution in [0.2, 0.25) is 0 Å². The number of hydrogen-bond donors (Lipinski definition) is 2. The van der Waals surface area contributed by atoms with Crippen LogP contribution in [0.5, 0.6) is 0 Å². The van der Waals surface area contributed by atoms with Gasteiger partial charge < -0.3 is 16.0 Å². The van der Waals surface area contributed by atoms with Crippen molar-refractivity contribution in [3.8, 4) is 0 Å². The van der Waals surface area contributed by atoms with Gasteiger partial charge in [0.25, 0.3) is 0 Å². The van der Waals surface area contributed by atoms with Gasteiger partial charge in [0.05, 0.1) is 12.6 Å². The predicted molar refractivity (Wildman–Crippen MR) is 99.2 cm³/mol. The Kier molecular flexibility index (Phi) is 5.73. The van der Waals surface area contributed by atoms with Gasteiger partial charge in [0.1, 0.15) is 18.0 Å². The fourth-order valence-electron chi connectivity index (χ4n) is 3.95. The van der Waals surface area contributed by atoms with E-state index in [9.17, 15) is 4.79 Å². The molecule has 2 atom stereocenters. The Morgan fingerprint density at radius 1 is 1.28 bits per heavy atom. The number of anilines is 2. The van der Waals surface area contributed by atoms with Crippen LogP contribution < -0.4 is 16.0 Å². The van der Waals surface area contributed by atoms with Crippen LogP contribution in [0.1, 0.15) is 33.1 Å². The van der Waals surface area contributed by atoms with Gasteiger partial charge in [0.15, 0.2) is 0 Å². The number of amides is 1. The van der Waals surface area contributed by atoms with Crippen molar-refractivity contribution in [1.29, 1.82) is 0 Å². The summed E-state index contributed by atoms with van der Waals surface area (Å²) in [7, 11) is 0. The van der Waals surface area contributed by atoms with Crippen molar-refractivity contribution in [2.75, 3.05) is 43.4 Å². The highest BCUT2D eigenvalue weighted by atomic mass is 16.2. The highest BCUT2D eigenvalue weighted by Crippen LogP contribution is 2.28. The first-order valence-corrected chi connectivity index (χ1v) is 9.37. The number of nitrogen functional groups attached to an aromatic ring is 1. The largest absolute Gasteiger partial charge is 0.384 e. The second kappa shape index (κ2) is 7.99. The fraction of sp³-hybridized carbons (Fsp3) is 0.722. The average Bonchev–Trinajstić information content (AvgIpc) is 2.99. The van der Waals surface area contributed by atoms with Gasteiger partial charge in [0, 0.05) is 25.1 Å². The highest BCUT2D eigenvalue weighted by molar-refractivity contribution is 5.78. The molecular weight excluding hydrogens is 316 g/mol. The minimum atomic E-state index is 0.140. The third-order valence-corrected chi connectivity index (χ3v) is 5.38. The maximum Gasteiger partial charge on any atom is 0.234 e. The van der Waals surface area contributed by atoms with E-state index in [0.29, 0.717) is 24.2 Å². The molecule has 3 rings (SSSR count). The van der Waals surface area contributed by atoms with E-state index in [1.165, 1.54) is 25.6 Å². The van der Waals surface area contributed by atoms with E-state index in [4.69, 9.17) is 5.73 Å². The van der Waals surface area contributed by atoms with E-state index >= 15 is 0 Å². The fourth-order valence-corrected chi connectivity index (χ4v) is 3.95. The third kappa shape index (κ3) is 4.60. The van der Waals surface area contributed by atoms with Gasteiger partial charge >= 0.3 is 0 Å². The highest BCUT2D eigenvalue weighted by Gasteiger charge is 2.36. The van der Waals surface area contributed by atoms with Crippen LogP contribution in [-0.2, 0) is 4.79 Å². The molecule has 7 heteroatoms. The van der Waals surface area contributed by atoms with E-state index in [1.807, 2.05) is 0 Å². The zero-order valence-corrected chi connectivity index (χ0v) is 15.3. The Morgan fingerprint density at radius 2 is 2.04 bits per heavy atom. The van der Waals surface area contributed by atoms with Crippen LogP contribution in [0.15, 0.2) is 12.4 Å². The molecule has 0 bridgehead atoms. The van der Waals surface area contributed by atoms with Gasteiger partial charge in [-0.15, -0.1) is 0 Å². The molecule has 3 heterocycles. The molecule has 3 N–H and O–H groups in total. The van der Waals surface area contributed by atoms with Gasteiger partial charge in [-0.25, -0.2) is 9.97 Å². The summed E-state index contributed by atoms with van der Waals surface area (Å²) >= 11 is 0. The predicted octanol–water partition coefficient (Wildman–Crippen LogP) is 1.12. The summed E-state index contributed by atoms with van der Waals surface area (Å²) in [5, 5.41) is 3.28. The Hall–Kier alpha value is -1.89. The summed E-state index contributed by atoms with van der Waals surface area (Å²) in [6.07, 6.45) is 5.19. The van der Waals surface area contributed by atoms with Gasteiger partial charge in [0.2, 0.25) is 5.91 Å². The van der Waals surface area contributed by atoms with Crippen LogP contribution in [0, 0.1) is 11.8 Å². The summed E-state index contributed by atoms with van der Waals surface area (Å²) in [5.74, 6) is 2.35. The number of aromatic nitrogens is 2. The van der Waals surface area contributed by atoms with E-state index in [0.717, 1.165) is 32.0 Å². The van der Waals surface area contributed by atoms with E-state index in [1.54, 1.807) is 6.07 Å². The van der Waals surface area contributed by atoms with Crippen molar-refractivity contribution >= 4 is 17.5 Å². The van der Waals surface area contributed by atoms with E-state index in [-0.39, 0.29) is 11.9 Å². The van der Waals surface area contributed by atoms with E-state index in [2.05, 4.69) is 38.9 Å². The molecule has 0 radical (unpaired) electrons. The first-order chi connectivity index (χ1) is 12.0. The molecule has 0 unspecified atom stereocenters. The van der Waals surface area contributed by atoms with Crippen molar-refractivity contribution in [3.63, 3.8) is 0 Å². The lowest BCUT2D eigenvalue weighted by atomic mass is 9.91. The topological polar surface area (TPSA) is 87.4 Å². The molecule has 0 spiro atoms. The number of rotatable bonds is 5. The molecule has 1 aromatic rings. The standard InChI is InChI=1S/C18H30N6O/c1-13(2)14-9-24(17-8-16(19)20-12-21-17)10-15(14)22-18(25)11-23-6-4-3-5-7-23/h8,12-15H,3-7,9-11H2,1-2H3,(H,22,25)(H2,19,20,21)/t14-,15+/m0/s1. The lowest BCUT2D eigenvalue weighted by Crippen LogP contribution is -2.47. The van der Waals surface area contributed by atoms with Crippen molar-refractivity contribution in [2.45, 2.75) is 39.2 Å². The zero-order valence-electron chi connectivity index (χ0n) is 15.3. The van der Waals surface area contributed by atoms with Crippen molar-refractivity contribution in [1.82, 2.24) is 20.2 Å². The molecule has 138 valence electrons. The summed E-state index contributed by atoms with van der Waals surface area (Å²) in [6.45, 7) is 8.67. The summed E-state index contributed by atoms with van der Waals surface area (Å²) in [6, 6.07) is 1.95. The lowest BCUT2D eigenvalue weighted by molar-refractivity contribution is -0.123. The molecule has 1 aromatic heterocycles. The Morgan fingerprint density at radius 3 is 2.72 bits per heavy atom. The summed E-state index contributed by atoms with van der Waals surface area (Å²) in [4.78, 5) is 25.3. The van der Waals surface area contributed by atoms with Crippen molar-refractivity contribution in [3.05, 3.63) is 12.4 Å². The number of likely N-dealkylation sites (tertiary alicyclic amines) is 1. The maximum absolute atomic E-state index is 12.5. The molecule has 0 aliphatic carbocycles. The minimum absolute atomic E-state index is 0.140. The average molecular weight is 346 g/mol. The molecule has 2 saturated heterocycles. The number of nitrogens with one attached hydrogen (secondary N) is 1. The Balaban J connectivity index is 1.61. The van der Waals surface area contributed by atoms with Crippen LogP contribution in [0.3, 0.4) is 0 Å². The Labute approximate surface area is 150 Å². The molecule has 1 amide bonds. The SMILES string of the molecule is CC(C)[C@@H]1CN(c2cc(N)ncn2)C[C@H]1NC(=O)CN1CCCCC1. The number of nitrogens with two attached hydrogens (primary N) is 1. The van der Waals surface area contributed by atoms with Gasteiger partial charge in [-0.3, -0.25) is 9.69 Å². The molecule has 7 nitrogen and oxygen atoms in total. The molecule has 25 heavy (non-hydrogen) atoms. The molecular formula is C18H30N6O. The normalized spacial score (nSPS) is 24.7. The number of nitrogens with zero attached hydrogens (tertiary/aromatic N) is 4. The van der Waals surface area contributed by atoms with Gasteiger partial charge in [-0.1, -0.05) is 20.3 Å². The van der Waals surface area contributed by atoms with E-state index < -0.39 is 0 Å². The number of carbonyl (C=O) groups is 1. The van der Waals surface area contributed by atoms with Crippen LogP contribution in [0.25, 0.3) is 0 Å². The Bertz CT molecular complexity index is 587. The molecule has 2 aliphatic heterocycles. The van der Waals surface area contributed by atoms with Crippen molar-refractivity contribution < 1.29 is 4.79 Å². The quantitative estimate of drug-likeness (QED) is 0.831. The minimum Gasteiger partial charge on any atom is -0.384 e. The number of carbonyl (C=O) groups excluding carboxylic acids is 1. The van der Waals surface area contributed by atoms with Crippen molar-refractivity contribution in [2.24, 2.45) is 11.8 Å². The smallest absolute Gasteiger partial charge is 0.234 e. The lowest BCUT2D eigenvalue weighted by Gasteiger charge is -2.28. The molecule has 2 aliphatic rings. The van der Waals surface area contributed by atoms with Crippen LogP contribution in [0.4, 0.5) is 11.6 Å². The summed E-state index contributed by atoms with van der Waals surface area (Å²) < 4.78 is 0. The first kappa shape index (κ1) is 17.9. The number of piperidine rings is 1.